The van der Waals surface area contributed by atoms with Crippen LogP contribution in [0, 0.1) is 6.92 Å². The Hall–Kier alpha value is -3.93. The van der Waals surface area contributed by atoms with Crippen LogP contribution >= 0.6 is 0 Å². The first-order valence-electron chi connectivity index (χ1n) is 10.5. The van der Waals surface area contributed by atoms with E-state index in [1.807, 2.05) is 49.4 Å². The van der Waals surface area contributed by atoms with Gasteiger partial charge in [-0.3, -0.25) is 4.79 Å². The first-order valence-corrected chi connectivity index (χ1v) is 10.5. The van der Waals surface area contributed by atoms with Gasteiger partial charge in [0.15, 0.2) is 5.78 Å². The van der Waals surface area contributed by atoms with E-state index in [9.17, 15) is 14.4 Å². The lowest BCUT2D eigenvalue weighted by Crippen LogP contribution is -2.17. The van der Waals surface area contributed by atoms with Crippen molar-refractivity contribution in [3.05, 3.63) is 88.6 Å². The maximum absolute atomic E-state index is 13.7. The van der Waals surface area contributed by atoms with Crippen molar-refractivity contribution in [2.75, 3.05) is 13.2 Å². The summed E-state index contributed by atoms with van der Waals surface area (Å²) in [6, 6.07) is 18.1. The molecule has 0 amide bonds. The van der Waals surface area contributed by atoms with Crippen molar-refractivity contribution in [3.63, 3.8) is 0 Å². The molecule has 0 saturated carbocycles. The monoisotopic (exact) mass is 429 g/mol. The number of para-hydroxylation sites is 1. The summed E-state index contributed by atoms with van der Waals surface area (Å²) in [5, 5.41) is 0.852. The lowest BCUT2D eigenvalue weighted by molar-refractivity contribution is 0.0473. The maximum atomic E-state index is 13.7. The van der Waals surface area contributed by atoms with Gasteiger partial charge in [0, 0.05) is 5.56 Å². The second-order valence-corrected chi connectivity index (χ2v) is 7.35. The van der Waals surface area contributed by atoms with Gasteiger partial charge < -0.3 is 13.9 Å². The van der Waals surface area contributed by atoms with Gasteiger partial charge in [0.1, 0.15) is 11.3 Å². The number of benzene rings is 2. The number of esters is 2. The predicted molar refractivity (Wildman–Crippen MR) is 121 cm³/mol. The molecule has 0 atom stereocenters. The zero-order valence-electron chi connectivity index (χ0n) is 18.2. The second-order valence-electron chi connectivity index (χ2n) is 7.35. The average Bonchev–Trinajstić information content (AvgIpc) is 3.15. The van der Waals surface area contributed by atoms with Gasteiger partial charge >= 0.3 is 11.9 Å². The van der Waals surface area contributed by atoms with Crippen molar-refractivity contribution >= 4 is 34.1 Å². The van der Waals surface area contributed by atoms with Gasteiger partial charge in [-0.25, -0.2) is 9.59 Å². The summed E-state index contributed by atoms with van der Waals surface area (Å²) in [4.78, 5) is 39.8. The van der Waals surface area contributed by atoms with E-state index in [0.717, 1.165) is 10.9 Å². The zero-order valence-corrected chi connectivity index (χ0v) is 18.2. The van der Waals surface area contributed by atoms with E-state index in [4.69, 9.17) is 9.47 Å². The van der Waals surface area contributed by atoms with Crippen molar-refractivity contribution in [2.45, 2.75) is 20.8 Å². The van der Waals surface area contributed by atoms with Gasteiger partial charge in [0.2, 0.25) is 0 Å². The topological polar surface area (TPSA) is 74.1 Å². The first-order chi connectivity index (χ1) is 15.5. The number of carbonyl (C=O) groups is 3. The SMILES string of the molecule is CCOC(=O)c1c(C(=O)c2ccc(C)cc2)c2ccc3ccccc3n2c1C(=O)OCC. The van der Waals surface area contributed by atoms with Gasteiger partial charge in [-0.2, -0.15) is 0 Å². The highest BCUT2D eigenvalue weighted by molar-refractivity contribution is 6.22. The number of hydrogen-bond donors (Lipinski definition) is 0. The van der Waals surface area contributed by atoms with Crippen LogP contribution in [-0.2, 0) is 9.47 Å². The molecule has 0 radical (unpaired) electrons. The highest BCUT2D eigenvalue weighted by atomic mass is 16.5. The van der Waals surface area contributed by atoms with Crippen LogP contribution in [0.25, 0.3) is 16.4 Å². The van der Waals surface area contributed by atoms with Crippen molar-refractivity contribution in [3.8, 4) is 0 Å². The van der Waals surface area contributed by atoms with Crippen molar-refractivity contribution in [1.82, 2.24) is 4.40 Å². The van der Waals surface area contributed by atoms with Gasteiger partial charge in [-0.1, -0.05) is 54.1 Å². The summed E-state index contributed by atoms with van der Waals surface area (Å²) in [5.74, 6) is -1.79. The second kappa shape index (κ2) is 8.67. The van der Waals surface area contributed by atoms with Crippen LogP contribution in [0.15, 0.2) is 60.7 Å². The van der Waals surface area contributed by atoms with Crippen LogP contribution in [0.5, 0.6) is 0 Å². The summed E-state index contributed by atoms with van der Waals surface area (Å²) in [7, 11) is 0. The fourth-order valence-corrected chi connectivity index (χ4v) is 3.87. The lowest BCUT2D eigenvalue weighted by Gasteiger charge is -2.08. The summed E-state index contributed by atoms with van der Waals surface area (Å²) in [5.41, 5.74) is 2.59. The summed E-state index contributed by atoms with van der Waals surface area (Å²) in [6.07, 6.45) is 0. The van der Waals surface area contributed by atoms with Crippen LogP contribution in [-0.4, -0.2) is 35.3 Å². The van der Waals surface area contributed by atoms with Gasteiger partial charge in [0.25, 0.3) is 0 Å². The van der Waals surface area contributed by atoms with Crippen LogP contribution in [0.2, 0.25) is 0 Å². The van der Waals surface area contributed by atoms with Gasteiger partial charge in [-0.05, 0) is 38.3 Å². The molecule has 0 aliphatic rings. The molecule has 0 bridgehead atoms. The summed E-state index contributed by atoms with van der Waals surface area (Å²) >= 11 is 0. The molecule has 2 aromatic heterocycles. The molecule has 162 valence electrons. The molecule has 6 nitrogen and oxygen atoms in total. The van der Waals surface area contributed by atoms with E-state index in [-0.39, 0.29) is 35.8 Å². The minimum absolute atomic E-state index is 0.00689. The van der Waals surface area contributed by atoms with E-state index in [2.05, 4.69) is 0 Å². The Labute approximate surface area is 185 Å². The Kier molecular flexibility index (Phi) is 5.77. The molecule has 0 unspecified atom stereocenters. The number of aromatic nitrogens is 1. The van der Waals surface area contributed by atoms with Crippen LogP contribution in [0.4, 0.5) is 0 Å². The Bertz CT molecular complexity index is 1350. The summed E-state index contributed by atoms with van der Waals surface area (Å²) in [6.45, 7) is 5.52. The van der Waals surface area contributed by atoms with Crippen molar-refractivity contribution in [1.29, 1.82) is 0 Å². The number of ketones is 1. The molecule has 2 heterocycles. The molecule has 0 spiro atoms. The Balaban J connectivity index is 2.14. The quantitative estimate of drug-likeness (QED) is 0.319. The molecule has 0 N–H and O–H groups in total. The van der Waals surface area contributed by atoms with E-state index in [1.54, 1.807) is 36.4 Å². The fraction of sp³-hybridized carbons (Fsp3) is 0.192. The standard InChI is InChI=1S/C26H23NO5/c1-4-31-25(29)22-21(24(28)18-12-10-16(3)11-13-18)20-15-14-17-8-6-7-9-19(17)27(20)23(22)26(30)32-5-2/h6-15H,4-5H2,1-3H3. The third-order valence-electron chi connectivity index (χ3n) is 5.30. The molecule has 0 fully saturated rings. The van der Waals surface area contributed by atoms with Gasteiger partial charge in [-0.15, -0.1) is 0 Å². The Morgan fingerprint density at radius 3 is 2.09 bits per heavy atom. The van der Waals surface area contributed by atoms with Gasteiger partial charge in [0.05, 0.1) is 29.8 Å². The minimum Gasteiger partial charge on any atom is -0.462 e. The van der Waals surface area contributed by atoms with Crippen molar-refractivity contribution < 1.29 is 23.9 Å². The molecular formula is C26H23NO5. The molecular weight excluding hydrogens is 406 g/mol. The highest BCUT2D eigenvalue weighted by Crippen LogP contribution is 2.31. The molecule has 2 aromatic carbocycles. The number of pyridine rings is 1. The zero-order chi connectivity index (χ0) is 22.8. The third-order valence-corrected chi connectivity index (χ3v) is 5.30. The molecule has 6 heteroatoms. The smallest absolute Gasteiger partial charge is 0.356 e. The summed E-state index contributed by atoms with van der Waals surface area (Å²) < 4.78 is 12.2. The highest BCUT2D eigenvalue weighted by Gasteiger charge is 2.34. The van der Waals surface area contributed by atoms with E-state index in [1.165, 1.54) is 0 Å². The number of nitrogens with zero attached hydrogens (tertiary/aromatic N) is 1. The average molecular weight is 429 g/mol. The first kappa shape index (κ1) is 21.3. The maximum Gasteiger partial charge on any atom is 0.356 e. The van der Waals surface area contributed by atoms with E-state index >= 15 is 0 Å². The molecule has 4 rings (SSSR count). The largest absolute Gasteiger partial charge is 0.462 e. The van der Waals surface area contributed by atoms with Crippen LogP contribution in [0.3, 0.4) is 0 Å². The van der Waals surface area contributed by atoms with Crippen molar-refractivity contribution in [2.24, 2.45) is 0 Å². The fourth-order valence-electron chi connectivity index (χ4n) is 3.87. The Morgan fingerprint density at radius 2 is 1.41 bits per heavy atom. The predicted octanol–water partition coefficient (Wildman–Crippen LogP) is 4.99. The number of fused-ring (bicyclic) bond motifs is 3. The minimum atomic E-state index is -0.737. The number of aryl methyl sites for hydroxylation is 1. The molecule has 0 aliphatic carbocycles. The Morgan fingerprint density at radius 1 is 0.750 bits per heavy atom. The number of carbonyl (C=O) groups excluding carboxylic acids is 3. The molecule has 0 aliphatic heterocycles. The number of rotatable bonds is 6. The molecule has 0 saturated heterocycles. The number of ether oxygens (including phenoxy) is 2. The van der Waals surface area contributed by atoms with E-state index in [0.29, 0.717) is 16.6 Å². The molecule has 32 heavy (non-hydrogen) atoms. The van der Waals surface area contributed by atoms with E-state index < -0.39 is 11.9 Å². The van der Waals surface area contributed by atoms with Crippen LogP contribution in [0.1, 0.15) is 56.2 Å². The third kappa shape index (κ3) is 3.54. The number of hydrogen-bond acceptors (Lipinski definition) is 5. The van der Waals surface area contributed by atoms with Crippen LogP contribution < -0.4 is 0 Å². The normalized spacial score (nSPS) is 11.0. The molecule has 4 aromatic rings. The lowest BCUT2D eigenvalue weighted by atomic mass is 9.98.